The highest BCUT2D eigenvalue weighted by Crippen LogP contribution is 2.32. The van der Waals surface area contributed by atoms with E-state index in [1.807, 2.05) is 69.5 Å². The van der Waals surface area contributed by atoms with E-state index < -0.39 is 0 Å². The minimum atomic E-state index is -0.232. The number of rotatable bonds is 7. The van der Waals surface area contributed by atoms with E-state index in [9.17, 15) is 0 Å². The largest absolute Gasteiger partial charge is 0.367 e. The van der Waals surface area contributed by atoms with Gasteiger partial charge in [0.15, 0.2) is 5.82 Å². The molecule has 188 valence electrons. The Bertz CT molecular complexity index is 1530. The summed E-state index contributed by atoms with van der Waals surface area (Å²) in [6, 6.07) is 15.4. The van der Waals surface area contributed by atoms with Gasteiger partial charge in [0.2, 0.25) is 0 Å². The number of nitrogens with one attached hydrogen (secondary N) is 1. The van der Waals surface area contributed by atoms with E-state index in [4.69, 9.17) is 39.5 Å². The predicted molar refractivity (Wildman–Crippen MR) is 153 cm³/mol. The number of aromatic nitrogens is 5. The summed E-state index contributed by atoms with van der Waals surface area (Å²) in [6.45, 7) is 1.02. The van der Waals surface area contributed by atoms with Gasteiger partial charge in [-0.25, -0.2) is 15.0 Å². The van der Waals surface area contributed by atoms with Crippen LogP contribution in [0, 0.1) is 0 Å². The molecule has 1 atom stereocenters. The molecular formula is C26H20Cl3N5OS2. The first-order chi connectivity index (χ1) is 18.1. The van der Waals surface area contributed by atoms with Crippen LogP contribution in [0.3, 0.4) is 0 Å². The lowest BCUT2D eigenvalue weighted by atomic mass is 10.1. The SMILES string of the molecule is Clc1ccc(C(Cn2ccnc2)OCc2ccsc2Cl)c(Cl)c1.c1ccc2[nH]c(-c3cscn3)nc2c1. The molecule has 6 aromatic rings. The second kappa shape index (κ2) is 12.2. The molecular weight excluding hydrogens is 569 g/mol. The van der Waals surface area contributed by atoms with Crippen molar-refractivity contribution in [1.82, 2.24) is 24.5 Å². The summed E-state index contributed by atoms with van der Waals surface area (Å²) in [5.41, 5.74) is 6.61. The van der Waals surface area contributed by atoms with Gasteiger partial charge in [0.1, 0.15) is 11.8 Å². The fourth-order valence-electron chi connectivity index (χ4n) is 3.61. The summed E-state index contributed by atoms with van der Waals surface area (Å²) in [5, 5.41) is 5.11. The predicted octanol–water partition coefficient (Wildman–Crippen LogP) is 8.55. The van der Waals surface area contributed by atoms with Crippen molar-refractivity contribution in [1.29, 1.82) is 0 Å². The highest BCUT2D eigenvalue weighted by atomic mass is 35.5. The van der Waals surface area contributed by atoms with E-state index in [0.29, 0.717) is 23.2 Å². The molecule has 0 radical (unpaired) electrons. The average Bonchev–Trinajstić information content (AvgIpc) is 3.70. The Morgan fingerprint density at radius 3 is 2.68 bits per heavy atom. The number of hydrogen-bond donors (Lipinski definition) is 1. The molecule has 0 aliphatic rings. The first kappa shape index (κ1) is 25.9. The van der Waals surface area contributed by atoms with Gasteiger partial charge < -0.3 is 14.3 Å². The zero-order valence-electron chi connectivity index (χ0n) is 19.2. The van der Waals surface area contributed by atoms with Crippen molar-refractivity contribution in [3.8, 4) is 11.5 Å². The first-order valence-electron chi connectivity index (χ1n) is 11.1. The highest BCUT2D eigenvalue weighted by Gasteiger charge is 2.18. The molecule has 0 aliphatic carbocycles. The molecule has 2 aromatic carbocycles. The first-order valence-corrected chi connectivity index (χ1v) is 14.1. The lowest BCUT2D eigenvalue weighted by Crippen LogP contribution is -2.12. The van der Waals surface area contributed by atoms with Crippen LogP contribution in [0.15, 0.2) is 83.5 Å². The lowest BCUT2D eigenvalue weighted by Gasteiger charge is -2.20. The smallest absolute Gasteiger partial charge is 0.158 e. The van der Waals surface area contributed by atoms with Crippen molar-refractivity contribution < 1.29 is 4.74 Å². The van der Waals surface area contributed by atoms with Crippen molar-refractivity contribution in [3.63, 3.8) is 0 Å². The molecule has 0 fully saturated rings. The Morgan fingerprint density at radius 2 is 1.97 bits per heavy atom. The van der Waals surface area contributed by atoms with Gasteiger partial charge in [0, 0.05) is 38.9 Å². The summed E-state index contributed by atoms with van der Waals surface area (Å²) in [6.07, 6.45) is 5.14. The topological polar surface area (TPSA) is 68.6 Å². The number of hydrogen-bond acceptors (Lipinski definition) is 6. The molecule has 0 saturated heterocycles. The Kier molecular flexibility index (Phi) is 8.55. The van der Waals surface area contributed by atoms with Crippen molar-refractivity contribution in [2.75, 3.05) is 0 Å². The highest BCUT2D eigenvalue weighted by molar-refractivity contribution is 7.14. The quantitative estimate of drug-likeness (QED) is 0.203. The average molecular weight is 589 g/mol. The molecule has 0 aliphatic heterocycles. The number of imidazole rings is 2. The fourth-order valence-corrected chi connectivity index (χ4v) is 5.57. The van der Waals surface area contributed by atoms with Gasteiger partial charge in [-0.15, -0.1) is 22.7 Å². The Balaban J connectivity index is 0.000000170. The monoisotopic (exact) mass is 587 g/mol. The maximum Gasteiger partial charge on any atom is 0.158 e. The molecule has 1 unspecified atom stereocenters. The lowest BCUT2D eigenvalue weighted by molar-refractivity contribution is 0.0282. The normalized spacial score (nSPS) is 11.9. The second-order valence-electron chi connectivity index (χ2n) is 7.92. The van der Waals surface area contributed by atoms with Crippen LogP contribution in [-0.4, -0.2) is 24.5 Å². The minimum Gasteiger partial charge on any atom is -0.367 e. The number of halogens is 3. The molecule has 11 heteroatoms. The molecule has 0 bridgehead atoms. The molecule has 4 aromatic heterocycles. The third-order valence-corrected chi connectivity index (χ3v) is 7.84. The molecule has 4 heterocycles. The third-order valence-electron chi connectivity index (χ3n) is 5.44. The van der Waals surface area contributed by atoms with E-state index >= 15 is 0 Å². The van der Waals surface area contributed by atoms with Crippen LogP contribution in [0.4, 0.5) is 0 Å². The molecule has 0 saturated carbocycles. The zero-order valence-corrected chi connectivity index (χ0v) is 23.1. The van der Waals surface area contributed by atoms with Gasteiger partial charge in [-0.2, -0.15) is 0 Å². The summed E-state index contributed by atoms with van der Waals surface area (Å²) < 4.78 is 8.79. The van der Waals surface area contributed by atoms with Crippen molar-refractivity contribution >= 4 is 68.5 Å². The minimum absolute atomic E-state index is 0.232. The van der Waals surface area contributed by atoms with Crippen LogP contribution in [0.1, 0.15) is 17.2 Å². The van der Waals surface area contributed by atoms with Gasteiger partial charge in [0.25, 0.3) is 0 Å². The van der Waals surface area contributed by atoms with Gasteiger partial charge in [-0.05, 0) is 35.7 Å². The molecule has 6 rings (SSSR count). The Labute approximate surface area is 236 Å². The molecule has 0 spiro atoms. The van der Waals surface area contributed by atoms with Gasteiger partial charge in [-0.3, -0.25) is 0 Å². The van der Waals surface area contributed by atoms with Gasteiger partial charge >= 0.3 is 0 Å². The number of thiophene rings is 1. The molecule has 6 nitrogen and oxygen atoms in total. The van der Waals surface area contributed by atoms with E-state index in [1.165, 1.54) is 11.3 Å². The second-order valence-corrected chi connectivity index (χ2v) is 11.0. The van der Waals surface area contributed by atoms with E-state index in [0.717, 1.165) is 38.0 Å². The number of thiazole rings is 1. The standard InChI is InChI=1S/C16H13Cl3N2OS.C10H7N3S/c17-12-1-2-13(14(18)7-12)15(8-21-5-4-20-10-21)22-9-11-3-6-23-16(11)19;1-2-4-8-7(3-1)12-10(13-8)9-5-14-6-11-9/h1-7,10,15H,8-9H2;1-6H,(H,12,13). The van der Waals surface area contributed by atoms with E-state index in [-0.39, 0.29) is 6.10 Å². The summed E-state index contributed by atoms with van der Waals surface area (Å²) >= 11 is 21.5. The van der Waals surface area contributed by atoms with Crippen molar-refractivity contribution in [2.45, 2.75) is 19.3 Å². The number of para-hydroxylation sites is 2. The Morgan fingerprint density at radius 1 is 1.08 bits per heavy atom. The van der Waals surface area contributed by atoms with Crippen molar-refractivity contribution in [2.24, 2.45) is 0 Å². The van der Waals surface area contributed by atoms with Crippen LogP contribution >= 0.6 is 57.5 Å². The summed E-state index contributed by atoms with van der Waals surface area (Å²) in [5.74, 6) is 0.840. The Hall–Kier alpha value is -2.72. The maximum atomic E-state index is 6.34. The van der Waals surface area contributed by atoms with Gasteiger partial charge in [-0.1, -0.05) is 53.0 Å². The number of aromatic amines is 1. The van der Waals surface area contributed by atoms with E-state index in [1.54, 1.807) is 29.9 Å². The summed E-state index contributed by atoms with van der Waals surface area (Å²) in [4.78, 5) is 15.9. The third kappa shape index (κ3) is 6.59. The van der Waals surface area contributed by atoms with E-state index in [2.05, 4.69) is 19.9 Å². The molecule has 37 heavy (non-hydrogen) atoms. The number of ether oxygens (including phenoxy) is 1. The number of fused-ring (bicyclic) bond motifs is 1. The number of nitrogens with zero attached hydrogens (tertiary/aromatic N) is 4. The van der Waals surface area contributed by atoms with Crippen LogP contribution in [0.25, 0.3) is 22.6 Å². The van der Waals surface area contributed by atoms with Crippen LogP contribution in [-0.2, 0) is 17.9 Å². The number of H-pyrrole nitrogens is 1. The van der Waals surface area contributed by atoms with Crippen LogP contribution in [0.5, 0.6) is 0 Å². The van der Waals surface area contributed by atoms with Crippen LogP contribution < -0.4 is 0 Å². The van der Waals surface area contributed by atoms with Gasteiger partial charge in [0.05, 0.1) is 40.4 Å². The fraction of sp³-hybridized carbons (Fsp3) is 0.115. The van der Waals surface area contributed by atoms with Crippen LogP contribution in [0.2, 0.25) is 14.4 Å². The zero-order chi connectivity index (χ0) is 25.6. The molecule has 1 N–H and O–H groups in total. The molecule has 0 amide bonds. The van der Waals surface area contributed by atoms with Crippen molar-refractivity contribution in [3.05, 3.63) is 109 Å². The summed E-state index contributed by atoms with van der Waals surface area (Å²) in [7, 11) is 0. The number of benzene rings is 2. The maximum absolute atomic E-state index is 6.34.